The number of rotatable bonds is 3. The van der Waals surface area contributed by atoms with Crippen molar-refractivity contribution < 1.29 is 4.57 Å². The fourth-order valence-corrected chi connectivity index (χ4v) is 1.16. The zero-order valence-electron chi connectivity index (χ0n) is 9.83. The van der Waals surface area contributed by atoms with Crippen molar-refractivity contribution in [3.05, 3.63) is 24.4 Å². The predicted octanol–water partition coefficient (Wildman–Crippen LogP) is 2.34. The van der Waals surface area contributed by atoms with Gasteiger partial charge in [0, 0.05) is 6.92 Å². The Bertz CT molecular complexity index is 233. The molecule has 0 spiro atoms. The monoisotopic (exact) mass is 195 g/mol. The molecule has 80 valence electrons. The number of nitrogens with two attached hydrogens (primary N) is 1. The molecule has 1 rings (SSSR count). The second kappa shape index (κ2) is 8.82. The van der Waals surface area contributed by atoms with Gasteiger partial charge in [-0.3, -0.25) is 0 Å². The van der Waals surface area contributed by atoms with Gasteiger partial charge in [-0.25, -0.2) is 9.13 Å². The number of nitrogens with zero attached hydrogens (tertiary/aromatic N) is 2. The van der Waals surface area contributed by atoms with E-state index in [0.717, 1.165) is 6.54 Å². The molecule has 0 saturated carbocycles. The fourth-order valence-electron chi connectivity index (χ4n) is 1.16. The van der Waals surface area contributed by atoms with Gasteiger partial charge in [-0.1, -0.05) is 20.2 Å². The first-order valence-electron chi connectivity index (χ1n) is 4.84. The van der Waals surface area contributed by atoms with Crippen LogP contribution in [0.3, 0.4) is 0 Å². The normalized spacial score (nSPS) is 8.57. The van der Waals surface area contributed by atoms with Crippen molar-refractivity contribution in [3.8, 4) is 0 Å². The molecule has 2 N–H and O–H groups in total. The van der Waals surface area contributed by atoms with Crippen LogP contribution in [0.15, 0.2) is 12.4 Å². The number of aryl methyl sites for hydroxylation is 2. The number of aromatic nitrogens is 2. The summed E-state index contributed by atoms with van der Waals surface area (Å²) in [6.07, 6.45) is 6.78. The van der Waals surface area contributed by atoms with Gasteiger partial charge in [0.05, 0.1) is 21.4 Å². The van der Waals surface area contributed by atoms with E-state index < -0.39 is 0 Å². The third kappa shape index (κ3) is 4.47. The van der Waals surface area contributed by atoms with Gasteiger partial charge in [0.15, 0.2) is 0 Å². The molecule has 4 heteroatoms. The van der Waals surface area contributed by atoms with Crippen molar-refractivity contribution in [1.29, 1.82) is 0 Å². The molecule has 1 aromatic rings. The Hall–Kier alpha value is -0.765. The first-order chi connectivity index (χ1) is 6.25. The van der Waals surface area contributed by atoms with E-state index in [2.05, 4.69) is 50.3 Å². The van der Waals surface area contributed by atoms with Gasteiger partial charge in [-0.15, -0.1) is 0 Å². The summed E-state index contributed by atoms with van der Waals surface area (Å²) < 4.78 is 4.44. The molecule has 0 amide bonds. The van der Waals surface area contributed by atoms with Crippen LogP contribution < -0.4 is 4.57 Å². The maximum atomic E-state index is 4.50. The lowest BCUT2D eigenvalue weighted by atomic mass is 10.2. The van der Waals surface area contributed by atoms with Crippen molar-refractivity contribution in [3.63, 3.8) is 0 Å². The highest BCUT2D eigenvalue weighted by molar-refractivity contribution is 6.05. The molecule has 0 unspecified atom stereocenters. The summed E-state index contributed by atoms with van der Waals surface area (Å²) in [6.45, 7) is 7.03. The number of hydrogen-bond donors (Lipinski definition) is 0. The zero-order chi connectivity index (χ0) is 10.3. The van der Waals surface area contributed by atoms with Crippen LogP contribution in [0.1, 0.15) is 25.6 Å². The smallest absolute Gasteiger partial charge is 0.253 e. The van der Waals surface area contributed by atoms with Crippen LogP contribution in [0.5, 0.6) is 0 Å². The first-order valence-corrected chi connectivity index (χ1v) is 4.84. The molecule has 1 heterocycles. The van der Waals surface area contributed by atoms with E-state index in [4.69, 9.17) is 0 Å². The summed E-state index contributed by atoms with van der Waals surface area (Å²) in [5.74, 6) is 1.33. The van der Waals surface area contributed by atoms with E-state index in [1.54, 1.807) is 0 Å². The van der Waals surface area contributed by atoms with Crippen LogP contribution in [0, 0.1) is 6.92 Å². The standard InChI is InChI=1S/C9H17N2.CH3B.H2N/c1-4-5-6-11-8-7-10(3)9(11)2;1-2;/h7-8H,4-6H2,1-3H3;1H3;1H2/q+1;;-1. The van der Waals surface area contributed by atoms with Crippen LogP contribution in [0.2, 0.25) is 6.82 Å². The minimum absolute atomic E-state index is 0. The highest BCUT2D eigenvalue weighted by atomic mass is 15.1. The first kappa shape index (κ1) is 15.7. The Kier molecular flexibility index (Phi) is 9.88. The molecule has 1 aromatic heterocycles. The van der Waals surface area contributed by atoms with Crippen LogP contribution >= 0.6 is 0 Å². The lowest BCUT2D eigenvalue weighted by Gasteiger charge is -1.95. The van der Waals surface area contributed by atoms with Gasteiger partial charge in [-0.05, 0) is 6.42 Å². The Morgan fingerprint density at radius 2 is 2.00 bits per heavy atom. The van der Waals surface area contributed by atoms with E-state index >= 15 is 0 Å². The van der Waals surface area contributed by atoms with Gasteiger partial charge in [0.25, 0.3) is 5.82 Å². The Labute approximate surface area is 89.1 Å². The number of unbranched alkanes of at least 4 members (excludes halogenated alkanes) is 1. The van der Waals surface area contributed by atoms with Gasteiger partial charge in [-0.2, -0.15) is 0 Å². The predicted molar refractivity (Wildman–Crippen MR) is 62.2 cm³/mol. The highest BCUT2D eigenvalue weighted by Crippen LogP contribution is 1.96. The molecule has 0 atom stereocenters. The Morgan fingerprint density at radius 1 is 1.43 bits per heavy atom. The molecule has 2 radical (unpaired) electrons. The largest absolute Gasteiger partial charge is 0.693 e. The van der Waals surface area contributed by atoms with Crippen LogP contribution in [0.25, 0.3) is 6.15 Å². The van der Waals surface area contributed by atoms with Gasteiger partial charge in [0.1, 0.15) is 12.4 Å². The molecule has 0 bridgehead atoms. The molecule has 0 fully saturated rings. The van der Waals surface area contributed by atoms with E-state index in [1.165, 1.54) is 25.5 Å². The Balaban J connectivity index is 0. The number of imidazole rings is 1. The minimum Gasteiger partial charge on any atom is -0.693 e. The molecule has 0 aliphatic carbocycles. The zero-order valence-corrected chi connectivity index (χ0v) is 9.83. The second-order valence-electron chi connectivity index (χ2n) is 3.00. The molecular weight excluding hydrogens is 173 g/mol. The van der Waals surface area contributed by atoms with Crippen LogP contribution in [-0.2, 0) is 13.6 Å². The molecule has 3 nitrogen and oxygen atoms in total. The van der Waals surface area contributed by atoms with Crippen molar-refractivity contribution in [2.75, 3.05) is 0 Å². The average Bonchev–Trinajstić information content (AvgIpc) is 2.48. The fraction of sp³-hybridized carbons (Fsp3) is 0.700. The van der Waals surface area contributed by atoms with Crippen molar-refractivity contribution in [2.24, 2.45) is 7.05 Å². The topological polar surface area (TPSA) is 42.3 Å². The van der Waals surface area contributed by atoms with Gasteiger partial charge >= 0.3 is 0 Å². The summed E-state index contributed by atoms with van der Waals surface area (Å²) in [5.41, 5.74) is 0. The summed E-state index contributed by atoms with van der Waals surface area (Å²) in [7, 11) is 6.58. The molecule has 0 aliphatic rings. The molecule has 0 aliphatic heterocycles. The van der Waals surface area contributed by atoms with Crippen molar-refractivity contribution in [1.82, 2.24) is 4.57 Å². The van der Waals surface area contributed by atoms with E-state index in [9.17, 15) is 0 Å². The maximum Gasteiger partial charge on any atom is 0.253 e. The van der Waals surface area contributed by atoms with Crippen molar-refractivity contribution >= 4 is 7.85 Å². The lowest BCUT2D eigenvalue weighted by molar-refractivity contribution is -0.677. The summed E-state index contributed by atoms with van der Waals surface area (Å²) in [4.78, 5) is 0. The maximum absolute atomic E-state index is 4.50. The van der Waals surface area contributed by atoms with E-state index in [-0.39, 0.29) is 6.15 Å². The third-order valence-electron chi connectivity index (χ3n) is 2.15. The summed E-state index contributed by atoms with van der Waals surface area (Å²) >= 11 is 0. The lowest BCUT2D eigenvalue weighted by Crippen LogP contribution is -2.29. The molecular formula is C10H22BN3. The van der Waals surface area contributed by atoms with Gasteiger partial charge in [0.2, 0.25) is 0 Å². The SMILES string of the molecule is CCCCn1cc[n+](C)c1C.[B]C.[NH2-]. The van der Waals surface area contributed by atoms with Crippen LogP contribution in [-0.4, -0.2) is 12.4 Å². The van der Waals surface area contributed by atoms with E-state index in [0.29, 0.717) is 0 Å². The highest BCUT2D eigenvalue weighted by Gasteiger charge is 2.06. The number of hydrogen-bond acceptors (Lipinski definition) is 0. The second-order valence-corrected chi connectivity index (χ2v) is 3.00. The average molecular weight is 195 g/mol. The quantitative estimate of drug-likeness (QED) is 0.524. The van der Waals surface area contributed by atoms with Crippen molar-refractivity contribution in [2.45, 2.75) is 40.1 Å². The third-order valence-corrected chi connectivity index (χ3v) is 2.15. The Morgan fingerprint density at radius 3 is 2.36 bits per heavy atom. The van der Waals surface area contributed by atoms with Crippen LogP contribution in [0.4, 0.5) is 0 Å². The minimum atomic E-state index is 0. The molecule has 14 heavy (non-hydrogen) atoms. The molecule has 0 aromatic carbocycles. The van der Waals surface area contributed by atoms with E-state index in [1.807, 2.05) is 0 Å². The summed E-state index contributed by atoms with van der Waals surface area (Å²) in [5, 5.41) is 0. The summed E-state index contributed by atoms with van der Waals surface area (Å²) in [6, 6.07) is 0. The van der Waals surface area contributed by atoms with Gasteiger partial charge < -0.3 is 6.15 Å². The molecule has 0 saturated heterocycles.